The van der Waals surface area contributed by atoms with E-state index in [0.717, 1.165) is 10.9 Å². The second-order valence-corrected chi connectivity index (χ2v) is 4.17. The minimum absolute atomic E-state index is 0.0647. The molecule has 3 N–H and O–H groups in total. The molecular weight excluding hydrogens is 218 g/mol. The first-order valence-corrected chi connectivity index (χ1v) is 5.53. The molecule has 90 valence electrons. The normalized spacial score (nSPS) is 12.6. The topological polar surface area (TPSA) is 78.0 Å². The molecule has 1 aromatic carbocycles. The third-order valence-electron chi connectivity index (χ3n) is 2.63. The van der Waals surface area contributed by atoms with Gasteiger partial charge in [-0.2, -0.15) is 5.10 Å². The van der Waals surface area contributed by atoms with Crippen molar-refractivity contribution in [3.8, 4) is 0 Å². The minimum atomic E-state index is -0.137. The van der Waals surface area contributed by atoms with Crippen LogP contribution in [0.3, 0.4) is 0 Å². The number of carbonyl (C=O) groups excluding carboxylic acids is 1. The maximum atomic E-state index is 11.8. The molecular formula is C12H15N3O2. The van der Waals surface area contributed by atoms with Crippen molar-refractivity contribution in [1.82, 2.24) is 15.5 Å². The van der Waals surface area contributed by atoms with Crippen LogP contribution < -0.4 is 5.32 Å². The maximum absolute atomic E-state index is 11.8. The van der Waals surface area contributed by atoms with E-state index in [-0.39, 0.29) is 18.4 Å². The maximum Gasteiger partial charge on any atom is 0.251 e. The summed E-state index contributed by atoms with van der Waals surface area (Å²) >= 11 is 0. The minimum Gasteiger partial charge on any atom is -0.396 e. The van der Waals surface area contributed by atoms with Gasteiger partial charge in [0.1, 0.15) is 0 Å². The van der Waals surface area contributed by atoms with Crippen molar-refractivity contribution in [2.24, 2.45) is 5.92 Å². The molecule has 1 unspecified atom stereocenters. The number of hydrogen-bond donors (Lipinski definition) is 3. The van der Waals surface area contributed by atoms with Gasteiger partial charge >= 0.3 is 0 Å². The number of aliphatic hydroxyl groups is 1. The molecule has 5 nitrogen and oxygen atoms in total. The van der Waals surface area contributed by atoms with Crippen LogP contribution in [0.1, 0.15) is 17.3 Å². The monoisotopic (exact) mass is 233 g/mol. The van der Waals surface area contributed by atoms with Gasteiger partial charge < -0.3 is 10.4 Å². The van der Waals surface area contributed by atoms with Crippen molar-refractivity contribution < 1.29 is 9.90 Å². The lowest BCUT2D eigenvalue weighted by atomic mass is 10.1. The Labute approximate surface area is 98.8 Å². The zero-order valence-corrected chi connectivity index (χ0v) is 9.60. The second kappa shape index (κ2) is 4.97. The Morgan fingerprint density at radius 2 is 2.41 bits per heavy atom. The highest BCUT2D eigenvalue weighted by molar-refractivity contribution is 5.97. The molecule has 0 saturated heterocycles. The van der Waals surface area contributed by atoms with E-state index in [1.165, 1.54) is 0 Å². The van der Waals surface area contributed by atoms with E-state index in [1.54, 1.807) is 18.3 Å². The predicted octanol–water partition coefficient (Wildman–Crippen LogP) is 0.921. The molecule has 0 aliphatic heterocycles. The molecule has 0 aliphatic rings. The third kappa shape index (κ3) is 2.62. The van der Waals surface area contributed by atoms with Gasteiger partial charge in [0.05, 0.1) is 11.7 Å². The molecule has 0 bridgehead atoms. The van der Waals surface area contributed by atoms with Gasteiger partial charge in [-0.05, 0) is 18.1 Å². The first kappa shape index (κ1) is 11.6. The average molecular weight is 233 g/mol. The van der Waals surface area contributed by atoms with Gasteiger partial charge in [0.25, 0.3) is 5.91 Å². The summed E-state index contributed by atoms with van der Waals surface area (Å²) in [7, 11) is 0. The Morgan fingerprint density at radius 1 is 1.59 bits per heavy atom. The number of H-pyrrole nitrogens is 1. The van der Waals surface area contributed by atoms with E-state index >= 15 is 0 Å². The Balaban J connectivity index is 2.08. The van der Waals surface area contributed by atoms with Crippen molar-refractivity contribution in [2.75, 3.05) is 13.2 Å². The van der Waals surface area contributed by atoms with E-state index in [9.17, 15) is 4.79 Å². The first-order chi connectivity index (χ1) is 8.20. The molecule has 0 aliphatic carbocycles. The number of benzene rings is 1. The summed E-state index contributed by atoms with van der Waals surface area (Å²) in [6.07, 6.45) is 1.71. The van der Waals surface area contributed by atoms with Crippen LogP contribution in [-0.2, 0) is 0 Å². The highest BCUT2D eigenvalue weighted by atomic mass is 16.3. The number of carbonyl (C=O) groups is 1. The molecule has 0 saturated carbocycles. The SMILES string of the molecule is CC(CO)CNC(=O)c1ccc2cn[nH]c2c1. The van der Waals surface area contributed by atoms with Crippen LogP contribution in [0.4, 0.5) is 0 Å². The average Bonchev–Trinajstić information content (AvgIpc) is 2.82. The van der Waals surface area contributed by atoms with Crippen LogP contribution >= 0.6 is 0 Å². The van der Waals surface area contributed by atoms with Crippen LogP contribution in [0.15, 0.2) is 24.4 Å². The summed E-state index contributed by atoms with van der Waals surface area (Å²) in [6.45, 7) is 2.41. The van der Waals surface area contributed by atoms with Gasteiger partial charge in [0, 0.05) is 24.1 Å². The number of aromatic amines is 1. The predicted molar refractivity (Wildman–Crippen MR) is 64.7 cm³/mol. The Kier molecular flexibility index (Phi) is 3.39. The Hall–Kier alpha value is -1.88. The summed E-state index contributed by atoms with van der Waals surface area (Å²) in [5, 5.41) is 19.3. The number of fused-ring (bicyclic) bond motifs is 1. The molecule has 0 spiro atoms. The van der Waals surface area contributed by atoms with Gasteiger partial charge in [0.2, 0.25) is 0 Å². The molecule has 1 heterocycles. The van der Waals surface area contributed by atoms with Crippen molar-refractivity contribution in [1.29, 1.82) is 0 Å². The van der Waals surface area contributed by atoms with E-state index in [2.05, 4.69) is 15.5 Å². The summed E-state index contributed by atoms with van der Waals surface area (Å²) in [6, 6.07) is 5.38. The molecule has 1 amide bonds. The second-order valence-electron chi connectivity index (χ2n) is 4.17. The number of nitrogens with one attached hydrogen (secondary N) is 2. The lowest BCUT2D eigenvalue weighted by Crippen LogP contribution is -2.29. The number of nitrogens with zero attached hydrogens (tertiary/aromatic N) is 1. The molecule has 0 radical (unpaired) electrons. The fourth-order valence-corrected chi connectivity index (χ4v) is 1.51. The van der Waals surface area contributed by atoms with Gasteiger partial charge in [-0.15, -0.1) is 0 Å². The smallest absolute Gasteiger partial charge is 0.251 e. The lowest BCUT2D eigenvalue weighted by molar-refractivity contribution is 0.0942. The number of hydrogen-bond acceptors (Lipinski definition) is 3. The summed E-state index contributed by atoms with van der Waals surface area (Å²) < 4.78 is 0. The van der Waals surface area contributed by atoms with Crippen LogP contribution in [0.25, 0.3) is 10.9 Å². The number of amides is 1. The van der Waals surface area contributed by atoms with E-state index in [1.807, 2.05) is 13.0 Å². The van der Waals surface area contributed by atoms with Crippen LogP contribution in [0.2, 0.25) is 0 Å². The van der Waals surface area contributed by atoms with Crippen molar-refractivity contribution >= 4 is 16.8 Å². The molecule has 0 fully saturated rings. The van der Waals surface area contributed by atoms with Gasteiger partial charge in [-0.3, -0.25) is 9.89 Å². The van der Waals surface area contributed by atoms with E-state index < -0.39 is 0 Å². The van der Waals surface area contributed by atoms with E-state index in [0.29, 0.717) is 12.1 Å². The molecule has 2 rings (SSSR count). The quantitative estimate of drug-likeness (QED) is 0.734. The number of aliphatic hydroxyl groups excluding tert-OH is 1. The van der Waals surface area contributed by atoms with Crippen LogP contribution in [0, 0.1) is 5.92 Å². The Morgan fingerprint density at radius 3 is 3.18 bits per heavy atom. The largest absolute Gasteiger partial charge is 0.396 e. The summed E-state index contributed by atoms with van der Waals surface area (Å²) in [5.41, 5.74) is 1.43. The zero-order chi connectivity index (χ0) is 12.3. The number of aromatic nitrogens is 2. The molecule has 5 heteroatoms. The van der Waals surface area contributed by atoms with Gasteiger partial charge in [0.15, 0.2) is 0 Å². The highest BCUT2D eigenvalue weighted by Gasteiger charge is 2.08. The van der Waals surface area contributed by atoms with Crippen LogP contribution in [-0.4, -0.2) is 34.4 Å². The van der Waals surface area contributed by atoms with Crippen molar-refractivity contribution in [3.63, 3.8) is 0 Å². The third-order valence-corrected chi connectivity index (χ3v) is 2.63. The van der Waals surface area contributed by atoms with Crippen molar-refractivity contribution in [3.05, 3.63) is 30.0 Å². The zero-order valence-electron chi connectivity index (χ0n) is 9.60. The number of rotatable bonds is 4. The Bertz CT molecular complexity index is 521. The fourth-order valence-electron chi connectivity index (χ4n) is 1.51. The van der Waals surface area contributed by atoms with Crippen LogP contribution in [0.5, 0.6) is 0 Å². The molecule has 2 aromatic rings. The molecule has 1 atom stereocenters. The van der Waals surface area contributed by atoms with Gasteiger partial charge in [-0.1, -0.05) is 13.0 Å². The highest BCUT2D eigenvalue weighted by Crippen LogP contribution is 2.12. The van der Waals surface area contributed by atoms with Gasteiger partial charge in [-0.25, -0.2) is 0 Å². The summed E-state index contributed by atoms with van der Waals surface area (Å²) in [4.78, 5) is 11.8. The standard InChI is InChI=1S/C12H15N3O2/c1-8(7-16)5-13-12(17)9-2-3-10-6-14-15-11(10)4-9/h2-4,6,8,16H,5,7H2,1H3,(H,13,17)(H,14,15). The summed E-state index contributed by atoms with van der Waals surface area (Å²) in [5.74, 6) is -0.0726. The van der Waals surface area contributed by atoms with Crippen molar-refractivity contribution in [2.45, 2.75) is 6.92 Å². The van der Waals surface area contributed by atoms with E-state index in [4.69, 9.17) is 5.11 Å². The lowest BCUT2D eigenvalue weighted by Gasteiger charge is -2.09. The molecule has 17 heavy (non-hydrogen) atoms. The molecule has 1 aromatic heterocycles. The first-order valence-electron chi connectivity index (χ1n) is 5.53. The fraction of sp³-hybridized carbons (Fsp3) is 0.333.